The molecule has 2 saturated carbocycles. The van der Waals surface area contributed by atoms with Crippen LogP contribution in [0.4, 0.5) is 0 Å². The molecule has 2 unspecified atom stereocenters. The van der Waals surface area contributed by atoms with Gasteiger partial charge in [0.25, 0.3) is 0 Å². The number of hydrogen-bond donors (Lipinski definition) is 1. The lowest BCUT2D eigenvalue weighted by molar-refractivity contribution is 0.188. The van der Waals surface area contributed by atoms with Crippen LogP contribution in [0.5, 0.6) is 0 Å². The molecule has 2 fully saturated rings. The van der Waals surface area contributed by atoms with E-state index >= 15 is 0 Å². The quantitative estimate of drug-likeness (QED) is 0.729. The molecule has 0 aromatic heterocycles. The van der Waals surface area contributed by atoms with E-state index in [9.17, 15) is 5.26 Å². The van der Waals surface area contributed by atoms with Gasteiger partial charge < -0.3 is 0 Å². The second-order valence-corrected chi connectivity index (χ2v) is 5.47. The van der Waals surface area contributed by atoms with Gasteiger partial charge in [0.15, 0.2) is 0 Å². The molecule has 2 atom stereocenters. The molecule has 0 amide bonds. The van der Waals surface area contributed by atoms with Gasteiger partial charge in [-0.3, -0.25) is 5.32 Å². The van der Waals surface area contributed by atoms with Crippen molar-refractivity contribution in [3.63, 3.8) is 0 Å². The predicted octanol–water partition coefficient (Wildman–Crippen LogP) is 2.46. The monoisotopic (exact) mass is 192 g/mol. The lowest BCUT2D eigenvalue weighted by Crippen LogP contribution is -2.50. The normalized spacial score (nSPS) is 43.2. The summed E-state index contributed by atoms with van der Waals surface area (Å²) >= 11 is 0. The second kappa shape index (κ2) is 3.55. The van der Waals surface area contributed by atoms with Crippen molar-refractivity contribution in [3.8, 4) is 6.07 Å². The summed E-state index contributed by atoms with van der Waals surface area (Å²) in [7, 11) is 0. The fraction of sp³-hybridized carbons (Fsp3) is 0.917. The standard InChI is InChI=1S/C12H20N2/c1-9-5-10(2)7-12(6-9,8-13)14-11-3-4-11/h9-11,14H,3-7H2,1-2H3. The zero-order valence-electron chi connectivity index (χ0n) is 9.21. The minimum absolute atomic E-state index is 0.196. The first kappa shape index (κ1) is 9.98. The van der Waals surface area contributed by atoms with Crippen molar-refractivity contribution in [2.24, 2.45) is 11.8 Å². The first-order valence-electron chi connectivity index (χ1n) is 5.82. The van der Waals surface area contributed by atoms with E-state index in [-0.39, 0.29) is 5.54 Å². The molecular weight excluding hydrogens is 172 g/mol. The highest BCUT2D eigenvalue weighted by molar-refractivity contribution is 5.12. The van der Waals surface area contributed by atoms with Gasteiger partial charge in [-0.2, -0.15) is 5.26 Å². The Bertz CT molecular complexity index is 234. The van der Waals surface area contributed by atoms with Crippen molar-refractivity contribution in [3.05, 3.63) is 0 Å². The fourth-order valence-corrected chi connectivity index (χ4v) is 2.99. The Morgan fingerprint density at radius 1 is 1.21 bits per heavy atom. The maximum Gasteiger partial charge on any atom is 0.107 e. The summed E-state index contributed by atoms with van der Waals surface area (Å²) in [4.78, 5) is 0. The van der Waals surface area contributed by atoms with E-state index < -0.39 is 0 Å². The molecule has 0 aliphatic heterocycles. The molecule has 2 nitrogen and oxygen atoms in total. The zero-order valence-corrected chi connectivity index (χ0v) is 9.21. The number of nitrogens with one attached hydrogen (secondary N) is 1. The fourth-order valence-electron chi connectivity index (χ4n) is 2.99. The second-order valence-electron chi connectivity index (χ2n) is 5.47. The Kier molecular flexibility index (Phi) is 2.53. The van der Waals surface area contributed by atoms with Crippen molar-refractivity contribution in [1.82, 2.24) is 5.32 Å². The van der Waals surface area contributed by atoms with Gasteiger partial charge in [-0.05, 0) is 43.9 Å². The smallest absolute Gasteiger partial charge is 0.107 e. The molecule has 0 bridgehead atoms. The molecule has 2 heteroatoms. The number of hydrogen-bond acceptors (Lipinski definition) is 2. The van der Waals surface area contributed by atoms with Crippen LogP contribution in [-0.2, 0) is 0 Å². The van der Waals surface area contributed by atoms with Crippen LogP contribution in [-0.4, -0.2) is 11.6 Å². The third-order valence-corrected chi connectivity index (χ3v) is 3.47. The van der Waals surface area contributed by atoms with Crippen LogP contribution in [0.1, 0.15) is 46.0 Å². The maximum absolute atomic E-state index is 9.34. The van der Waals surface area contributed by atoms with E-state index in [0.29, 0.717) is 17.9 Å². The number of nitrogens with zero attached hydrogens (tertiary/aromatic N) is 1. The Morgan fingerprint density at radius 3 is 2.21 bits per heavy atom. The van der Waals surface area contributed by atoms with Crippen LogP contribution in [0, 0.1) is 23.2 Å². The highest BCUT2D eigenvalue weighted by Crippen LogP contribution is 2.37. The number of rotatable bonds is 2. The average Bonchev–Trinajstić information content (AvgIpc) is 2.86. The van der Waals surface area contributed by atoms with Crippen LogP contribution in [0.25, 0.3) is 0 Å². The van der Waals surface area contributed by atoms with E-state index in [4.69, 9.17) is 0 Å². The molecule has 0 aromatic rings. The first-order chi connectivity index (χ1) is 6.63. The summed E-state index contributed by atoms with van der Waals surface area (Å²) in [6.07, 6.45) is 5.92. The van der Waals surface area contributed by atoms with E-state index in [2.05, 4.69) is 25.2 Å². The van der Waals surface area contributed by atoms with Crippen molar-refractivity contribution < 1.29 is 0 Å². The third kappa shape index (κ3) is 2.09. The van der Waals surface area contributed by atoms with Gasteiger partial charge >= 0.3 is 0 Å². The molecule has 1 N–H and O–H groups in total. The van der Waals surface area contributed by atoms with Gasteiger partial charge in [-0.1, -0.05) is 13.8 Å². The van der Waals surface area contributed by atoms with Crippen molar-refractivity contribution in [1.29, 1.82) is 5.26 Å². The van der Waals surface area contributed by atoms with Gasteiger partial charge in [0.1, 0.15) is 5.54 Å². The topological polar surface area (TPSA) is 35.8 Å². The van der Waals surface area contributed by atoms with E-state index in [1.54, 1.807) is 0 Å². The van der Waals surface area contributed by atoms with Gasteiger partial charge in [0, 0.05) is 6.04 Å². The highest BCUT2D eigenvalue weighted by Gasteiger charge is 2.41. The van der Waals surface area contributed by atoms with Crippen LogP contribution in [0.3, 0.4) is 0 Å². The minimum atomic E-state index is -0.196. The Morgan fingerprint density at radius 2 is 1.79 bits per heavy atom. The van der Waals surface area contributed by atoms with Gasteiger partial charge in [0.2, 0.25) is 0 Å². The minimum Gasteiger partial charge on any atom is -0.297 e. The molecule has 2 rings (SSSR count). The first-order valence-corrected chi connectivity index (χ1v) is 5.82. The predicted molar refractivity (Wildman–Crippen MR) is 56.7 cm³/mol. The van der Waals surface area contributed by atoms with Crippen LogP contribution < -0.4 is 5.32 Å². The molecule has 0 aromatic carbocycles. The van der Waals surface area contributed by atoms with Crippen LogP contribution in [0.15, 0.2) is 0 Å². The zero-order chi connectivity index (χ0) is 10.2. The molecule has 0 radical (unpaired) electrons. The Hall–Kier alpha value is -0.550. The van der Waals surface area contributed by atoms with E-state index in [0.717, 1.165) is 12.8 Å². The molecule has 0 heterocycles. The van der Waals surface area contributed by atoms with Crippen molar-refractivity contribution in [2.75, 3.05) is 0 Å². The maximum atomic E-state index is 9.34. The number of nitriles is 1. The average molecular weight is 192 g/mol. The molecular formula is C12H20N2. The largest absolute Gasteiger partial charge is 0.297 e. The van der Waals surface area contributed by atoms with Crippen molar-refractivity contribution in [2.45, 2.75) is 57.5 Å². The Balaban J connectivity index is 2.05. The van der Waals surface area contributed by atoms with Gasteiger partial charge in [-0.25, -0.2) is 0 Å². The van der Waals surface area contributed by atoms with Crippen molar-refractivity contribution >= 4 is 0 Å². The van der Waals surface area contributed by atoms with Gasteiger partial charge in [0.05, 0.1) is 6.07 Å². The summed E-state index contributed by atoms with van der Waals surface area (Å²) in [5.74, 6) is 1.40. The summed E-state index contributed by atoms with van der Waals surface area (Å²) in [6, 6.07) is 3.18. The summed E-state index contributed by atoms with van der Waals surface area (Å²) in [5.41, 5.74) is -0.196. The lowest BCUT2D eigenvalue weighted by Gasteiger charge is -2.38. The molecule has 14 heavy (non-hydrogen) atoms. The molecule has 2 aliphatic carbocycles. The molecule has 78 valence electrons. The highest BCUT2D eigenvalue weighted by atomic mass is 15.0. The van der Waals surface area contributed by atoms with E-state index in [1.807, 2.05) is 0 Å². The van der Waals surface area contributed by atoms with E-state index in [1.165, 1.54) is 19.3 Å². The van der Waals surface area contributed by atoms with Crippen LogP contribution >= 0.6 is 0 Å². The molecule has 0 saturated heterocycles. The lowest BCUT2D eigenvalue weighted by atomic mass is 9.72. The molecule has 2 aliphatic rings. The summed E-state index contributed by atoms with van der Waals surface area (Å²) in [5, 5.41) is 12.9. The summed E-state index contributed by atoms with van der Waals surface area (Å²) < 4.78 is 0. The summed E-state index contributed by atoms with van der Waals surface area (Å²) in [6.45, 7) is 4.55. The third-order valence-electron chi connectivity index (χ3n) is 3.47. The molecule has 0 spiro atoms. The van der Waals surface area contributed by atoms with Gasteiger partial charge in [-0.15, -0.1) is 0 Å². The Labute approximate surface area is 86.7 Å². The van der Waals surface area contributed by atoms with Crippen LogP contribution in [0.2, 0.25) is 0 Å². The SMILES string of the molecule is CC1CC(C)CC(C#N)(NC2CC2)C1.